The second-order valence-electron chi connectivity index (χ2n) is 6.08. The molecule has 1 heterocycles. The number of hydrogen-bond acceptors (Lipinski definition) is 3. The zero-order chi connectivity index (χ0) is 11.7. The fourth-order valence-corrected chi connectivity index (χ4v) is 2.48. The molecule has 1 saturated heterocycles. The summed E-state index contributed by atoms with van der Waals surface area (Å²) >= 11 is 0. The molecule has 0 aromatic heterocycles. The molecule has 0 amide bonds. The molecule has 0 bridgehead atoms. The minimum absolute atomic E-state index is 0.244. The third-order valence-corrected chi connectivity index (χ3v) is 4.42. The normalized spacial score (nSPS) is 38.6. The van der Waals surface area contributed by atoms with Crippen LogP contribution in [0.5, 0.6) is 0 Å². The van der Waals surface area contributed by atoms with Crippen LogP contribution < -0.4 is 0 Å². The first-order valence-corrected chi connectivity index (χ1v) is 5.93. The van der Waals surface area contributed by atoms with Crippen molar-refractivity contribution in [2.75, 3.05) is 0 Å². The molecule has 0 N–H and O–H groups in total. The Morgan fingerprint density at radius 1 is 1.19 bits per heavy atom. The van der Waals surface area contributed by atoms with Gasteiger partial charge in [-0.1, -0.05) is 0 Å². The summed E-state index contributed by atoms with van der Waals surface area (Å²) in [7, 11) is -0.313. The van der Waals surface area contributed by atoms with E-state index >= 15 is 0 Å². The summed E-state index contributed by atoms with van der Waals surface area (Å²) < 4.78 is 11.9. The lowest BCUT2D eigenvalue weighted by molar-refractivity contribution is -0.115. The van der Waals surface area contributed by atoms with E-state index in [4.69, 9.17) is 9.31 Å². The number of fused-ring (bicyclic) bond motifs is 1. The Morgan fingerprint density at radius 3 is 2.12 bits per heavy atom. The van der Waals surface area contributed by atoms with Gasteiger partial charge in [0.15, 0.2) is 5.78 Å². The zero-order valence-corrected chi connectivity index (χ0v) is 10.2. The van der Waals surface area contributed by atoms with Crippen molar-refractivity contribution in [1.29, 1.82) is 0 Å². The van der Waals surface area contributed by atoms with E-state index in [1.54, 1.807) is 6.08 Å². The van der Waals surface area contributed by atoms with E-state index < -0.39 is 0 Å². The predicted molar refractivity (Wildman–Crippen MR) is 60.8 cm³/mol. The van der Waals surface area contributed by atoms with Crippen molar-refractivity contribution in [3.05, 3.63) is 11.5 Å². The summed E-state index contributed by atoms with van der Waals surface area (Å²) in [6, 6.07) is 0. The first-order valence-electron chi connectivity index (χ1n) is 5.93. The second kappa shape index (κ2) is 2.80. The number of carbonyl (C=O) groups excluding carboxylic acids is 1. The summed E-state index contributed by atoms with van der Waals surface area (Å²) in [5, 5.41) is 0. The zero-order valence-electron chi connectivity index (χ0n) is 10.2. The Balaban J connectivity index is 1.85. The summed E-state index contributed by atoms with van der Waals surface area (Å²) in [5.41, 5.74) is 0.442. The highest BCUT2D eigenvalue weighted by atomic mass is 16.7. The van der Waals surface area contributed by atoms with Gasteiger partial charge in [0.2, 0.25) is 0 Å². The summed E-state index contributed by atoms with van der Waals surface area (Å²) in [5.74, 6) is 0.908. The van der Waals surface area contributed by atoms with Crippen LogP contribution in [-0.4, -0.2) is 24.1 Å². The lowest BCUT2D eigenvalue weighted by Crippen LogP contribution is -2.41. The quantitative estimate of drug-likeness (QED) is 0.631. The minimum Gasteiger partial charge on any atom is -0.400 e. The first-order chi connectivity index (χ1) is 7.32. The molecule has 0 spiro atoms. The smallest absolute Gasteiger partial charge is 0.400 e. The van der Waals surface area contributed by atoms with Crippen LogP contribution in [0.25, 0.3) is 0 Å². The molecule has 2 unspecified atom stereocenters. The Labute approximate surface area is 96.3 Å². The van der Waals surface area contributed by atoms with Crippen LogP contribution in [0, 0.1) is 11.8 Å². The number of rotatable bonds is 1. The highest BCUT2D eigenvalue weighted by molar-refractivity contribution is 6.56. The molecule has 3 nitrogen and oxygen atoms in total. The van der Waals surface area contributed by atoms with Crippen LogP contribution in [-0.2, 0) is 14.1 Å². The van der Waals surface area contributed by atoms with Gasteiger partial charge in [0.05, 0.1) is 11.2 Å². The SMILES string of the molecule is CC1(C)OB(C2=CC(=O)C3CC23)OC1(C)C. The topological polar surface area (TPSA) is 35.5 Å². The lowest BCUT2D eigenvalue weighted by Gasteiger charge is -2.32. The maximum atomic E-state index is 11.5. The molecule has 16 heavy (non-hydrogen) atoms. The van der Waals surface area contributed by atoms with Crippen molar-refractivity contribution < 1.29 is 14.1 Å². The largest absolute Gasteiger partial charge is 0.490 e. The lowest BCUT2D eigenvalue weighted by atomic mass is 9.76. The minimum atomic E-state index is -0.313. The van der Waals surface area contributed by atoms with E-state index in [-0.39, 0.29) is 30.0 Å². The van der Waals surface area contributed by atoms with Gasteiger partial charge in [0.25, 0.3) is 0 Å². The molecule has 1 aliphatic heterocycles. The van der Waals surface area contributed by atoms with Gasteiger partial charge in [-0.15, -0.1) is 0 Å². The third kappa shape index (κ3) is 1.26. The Kier molecular flexibility index (Phi) is 1.84. The van der Waals surface area contributed by atoms with Crippen LogP contribution in [0.2, 0.25) is 0 Å². The van der Waals surface area contributed by atoms with Crippen molar-refractivity contribution in [3.63, 3.8) is 0 Å². The molecule has 2 fully saturated rings. The van der Waals surface area contributed by atoms with Crippen molar-refractivity contribution >= 4 is 12.9 Å². The maximum absolute atomic E-state index is 11.5. The average Bonchev–Trinajstić information content (AvgIpc) is 2.80. The third-order valence-electron chi connectivity index (χ3n) is 4.42. The Bertz CT molecular complexity index is 381. The fourth-order valence-electron chi connectivity index (χ4n) is 2.48. The van der Waals surface area contributed by atoms with E-state index in [2.05, 4.69) is 0 Å². The number of ketones is 1. The van der Waals surface area contributed by atoms with Gasteiger partial charge >= 0.3 is 7.12 Å². The summed E-state index contributed by atoms with van der Waals surface area (Å²) in [4.78, 5) is 11.5. The van der Waals surface area contributed by atoms with Gasteiger partial charge in [-0.2, -0.15) is 0 Å². The molecule has 1 saturated carbocycles. The molecule has 0 aromatic rings. The van der Waals surface area contributed by atoms with E-state index in [1.165, 1.54) is 0 Å². The molecule has 3 aliphatic rings. The highest BCUT2D eigenvalue weighted by Crippen LogP contribution is 2.53. The number of hydrogen-bond donors (Lipinski definition) is 0. The van der Waals surface area contributed by atoms with E-state index in [0.717, 1.165) is 11.9 Å². The molecule has 2 atom stereocenters. The van der Waals surface area contributed by atoms with E-state index in [0.29, 0.717) is 5.92 Å². The molecule has 86 valence electrons. The van der Waals surface area contributed by atoms with Crippen LogP contribution in [0.4, 0.5) is 0 Å². The Hall–Kier alpha value is -0.605. The summed E-state index contributed by atoms with van der Waals surface area (Å²) in [6.45, 7) is 8.15. The van der Waals surface area contributed by atoms with Gasteiger partial charge in [-0.25, -0.2) is 0 Å². The van der Waals surface area contributed by atoms with E-state index in [1.807, 2.05) is 27.7 Å². The predicted octanol–water partition coefficient (Wildman–Crippen LogP) is 1.76. The Morgan fingerprint density at radius 2 is 1.75 bits per heavy atom. The first kappa shape index (κ1) is 10.5. The maximum Gasteiger partial charge on any atom is 0.490 e. The van der Waals surface area contributed by atoms with Crippen molar-refractivity contribution in [2.24, 2.45) is 11.8 Å². The van der Waals surface area contributed by atoms with Crippen molar-refractivity contribution in [1.82, 2.24) is 0 Å². The monoisotopic (exact) mass is 220 g/mol. The number of allylic oxidation sites excluding steroid dienone is 2. The van der Waals surface area contributed by atoms with Crippen LogP contribution >= 0.6 is 0 Å². The molecule has 0 aromatic carbocycles. The van der Waals surface area contributed by atoms with Crippen molar-refractivity contribution in [3.8, 4) is 0 Å². The molecular weight excluding hydrogens is 203 g/mol. The molecule has 4 heteroatoms. The number of carbonyl (C=O) groups is 1. The fraction of sp³-hybridized carbons (Fsp3) is 0.750. The highest BCUT2D eigenvalue weighted by Gasteiger charge is 2.59. The summed E-state index contributed by atoms with van der Waals surface area (Å²) in [6.07, 6.45) is 2.73. The van der Waals surface area contributed by atoms with Gasteiger partial charge in [-0.3, -0.25) is 4.79 Å². The van der Waals surface area contributed by atoms with Crippen molar-refractivity contribution in [2.45, 2.75) is 45.3 Å². The van der Waals surface area contributed by atoms with Gasteiger partial charge < -0.3 is 9.31 Å². The second-order valence-corrected chi connectivity index (χ2v) is 6.08. The molecule has 3 rings (SSSR count). The van der Waals surface area contributed by atoms with Crippen LogP contribution in [0.1, 0.15) is 34.1 Å². The van der Waals surface area contributed by atoms with Gasteiger partial charge in [-0.05, 0) is 51.6 Å². The van der Waals surface area contributed by atoms with Gasteiger partial charge in [0, 0.05) is 5.92 Å². The molecule has 0 radical (unpaired) electrons. The van der Waals surface area contributed by atoms with E-state index in [9.17, 15) is 4.79 Å². The molecule has 2 aliphatic carbocycles. The van der Waals surface area contributed by atoms with Crippen LogP contribution in [0.15, 0.2) is 11.5 Å². The standard InChI is InChI=1S/C12H17BO3/c1-11(2)12(3,4)16-13(15-11)9-6-10(14)8-5-7(8)9/h6-8H,5H2,1-4H3. The van der Waals surface area contributed by atoms with Crippen LogP contribution in [0.3, 0.4) is 0 Å². The molecular formula is C12H17BO3. The average molecular weight is 220 g/mol. The van der Waals surface area contributed by atoms with Gasteiger partial charge in [0.1, 0.15) is 0 Å².